The molecule has 0 bridgehead atoms. The molecule has 0 unspecified atom stereocenters. The molecule has 2 heterocycles. The summed E-state index contributed by atoms with van der Waals surface area (Å²) < 4.78 is 0. The Labute approximate surface area is 160 Å². The Hall–Kier alpha value is -2.47. The van der Waals surface area contributed by atoms with E-state index in [2.05, 4.69) is 38.4 Å². The maximum absolute atomic E-state index is 12.2. The molecule has 6 nitrogen and oxygen atoms in total. The van der Waals surface area contributed by atoms with Gasteiger partial charge in [-0.1, -0.05) is 24.3 Å². The highest BCUT2D eigenvalue weighted by Crippen LogP contribution is 2.14. The lowest BCUT2D eigenvalue weighted by molar-refractivity contribution is -0.121. The van der Waals surface area contributed by atoms with Gasteiger partial charge in [-0.05, 0) is 62.9 Å². The van der Waals surface area contributed by atoms with Gasteiger partial charge in [0.15, 0.2) is 0 Å². The maximum atomic E-state index is 12.2. The van der Waals surface area contributed by atoms with Gasteiger partial charge in [0, 0.05) is 30.9 Å². The zero-order valence-corrected chi connectivity index (χ0v) is 16.2. The van der Waals surface area contributed by atoms with Gasteiger partial charge < -0.3 is 10.3 Å². The zero-order valence-electron chi connectivity index (χ0n) is 16.2. The van der Waals surface area contributed by atoms with Crippen molar-refractivity contribution < 1.29 is 4.79 Å². The summed E-state index contributed by atoms with van der Waals surface area (Å²) in [5.41, 5.74) is 4.50. The number of hydrogen-bond acceptors (Lipinski definition) is 4. The number of rotatable bonds is 7. The second kappa shape index (κ2) is 8.95. The molecule has 0 radical (unpaired) electrons. The molecule has 144 valence electrons. The third-order valence-electron chi connectivity index (χ3n) is 5.14. The monoisotopic (exact) mass is 368 g/mol. The third kappa shape index (κ3) is 5.50. The third-order valence-corrected chi connectivity index (χ3v) is 5.14. The quantitative estimate of drug-likeness (QED) is 0.786. The fourth-order valence-electron chi connectivity index (χ4n) is 3.69. The Morgan fingerprint density at radius 2 is 1.96 bits per heavy atom. The molecule has 1 aliphatic rings. The van der Waals surface area contributed by atoms with Crippen LogP contribution in [0.3, 0.4) is 0 Å². The lowest BCUT2D eigenvalue weighted by Gasteiger charge is -2.15. The van der Waals surface area contributed by atoms with E-state index in [0.717, 1.165) is 23.4 Å². The van der Waals surface area contributed by atoms with Crippen LogP contribution in [0.15, 0.2) is 29.1 Å². The molecule has 0 spiro atoms. The van der Waals surface area contributed by atoms with Gasteiger partial charge in [-0.3, -0.25) is 9.69 Å². The SMILES string of the molecule is Cc1nc(=O)[nH]c(C)c1CCC(=O)NCc1cccc(CN2CCCC2)c1. The number of benzene rings is 1. The number of likely N-dealkylation sites (tertiary alicyclic amines) is 1. The summed E-state index contributed by atoms with van der Waals surface area (Å²) in [5, 5.41) is 3.00. The minimum absolute atomic E-state index is 0.00458. The van der Waals surface area contributed by atoms with Crippen molar-refractivity contribution in [1.82, 2.24) is 20.2 Å². The molecule has 0 aliphatic carbocycles. The number of H-pyrrole nitrogens is 1. The van der Waals surface area contributed by atoms with Crippen molar-refractivity contribution in [3.8, 4) is 0 Å². The molecule has 3 rings (SSSR count). The molecule has 1 saturated heterocycles. The molecule has 0 atom stereocenters. The van der Waals surface area contributed by atoms with E-state index in [1.165, 1.54) is 31.5 Å². The van der Waals surface area contributed by atoms with Crippen molar-refractivity contribution in [2.75, 3.05) is 13.1 Å². The molecule has 1 aromatic carbocycles. The number of nitrogens with one attached hydrogen (secondary N) is 2. The standard InChI is InChI=1S/C21H28N4O2/c1-15-19(16(2)24-21(27)23-15)8-9-20(26)22-13-17-6-5-7-18(12-17)14-25-10-3-4-11-25/h5-7,12H,3-4,8-11,13-14H2,1-2H3,(H,22,26)(H,23,24,27). The topological polar surface area (TPSA) is 78.1 Å². The van der Waals surface area contributed by atoms with Crippen LogP contribution < -0.4 is 11.0 Å². The van der Waals surface area contributed by atoms with Crippen LogP contribution in [0.5, 0.6) is 0 Å². The maximum Gasteiger partial charge on any atom is 0.345 e. The van der Waals surface area contributed by atoms with E-state index in [0.29, 0.717) is 25.1 Å². The number of amides is 1. The summed E-state index contributed by atoms with van der Waals surface area (Å²) in [7, 11) is 0. The Bertz CT molecular complexity index is 827. The summed E-state index contributed by atoms with van der Waals surface area (Å²) in [6.45, 7) is 7.53. The Kier molecular flexibility index (Phi) is 6.40. The molecule has 27 heavy (non-hydrogen) atoms. The van der Waals surface area contributed by atoms with Crippen molar-refractivity contribution in [1.29, 1.82) is 0 Å². The van der Waals surface area contributed by atoms with E-state index in [1.54, 1.807) is 6.92 Å². The van der Waals surface area contributed by atoms with Crippen LogP contribution in [0.2, 0.25) is 0 Å². The molecule has 2 N–H and O–H groups in total. The van der Waals surface area contributed by atoms with Crippen molar-refractivity contribution in [2.45, 2.75) is 52.6 Å². The molecule has 2 aromatic rings. The van der Waals surface area contributed by atoms with Gasteiger partial charge in [0.05, 0.1) is 0 Å². The van der Waals surface area contributed by atoms with E-state index in [4.69, 9.17) is 0 Å². The van der Waals surface area contributed by atoms with Crippen LogP contribution in [0, 0.1) is 13.8 Å². The lowest BCUT2D eigenvalue weighted by atomic mass is 10.1. The first-order valence-corrected chi connectivity index (χ1v) is 9.64. The van der Waals surface area contributed by atoms with Gasteiger partial charge in [-0.25, -0.2) is 4.79 Å². The van der Waals surface area contributed by atoms with Crippen molar-refractivity contribution in [2.24, 2.45) is 0 Å². The largest absolute Gasteiger partial charge is 0.352 e. The van der Waals surface area contributed by atoms with Gasteiger partial charge in [0.25, 0.3) is 0 Å². The Morgan fingerprint density at radius 1 is 1.22 bits per heavy atom. The summed E-state index contributed by atoms with van der Waals surface area (Å²) in [6, 6.07) is 8.44. The van der Waals surface area contributed by atoms with Gasteiger partial charge in [-0.2, -0.15) is 4.98 Å². The van der Waals surface area contributed by atoms with Crippen LogP contribution in [-0.4, -0.2) is 33.9 Å². The Balaban J connectivity index is 1.50. The van der Waals surface area contributed by atoms with E-state index in [1.807, 2.05) is 13.0 Å². The highest BCUT2D eigenvalue weighted by Gasteiger charge is 2.12. The molecule has 1 aliphatic heterocycles. The van der Waals surface area contributed by atoms with Gasteiger partial charge in [-0.15, -0.1) is 0 Å². The van der Waals surface area contributed by atoms with Crippen molar-refractivity contribution >= 4 is 5.91 Å². The molecular weight excluding hydrogens is 340 g/mol. The highest BCUT2D eigenvalue weighted by atomic mass is 16.1. The number of carbonyl (C=O) groups is 1. The molecule has 1 amide bonds. The van der Waals surface area contributed by atoms with Crippen molar-refractivity contribution in [3.63, 3.8) is 0 Å². The summed E-state index contributed by atoms with van der Waals surface area (Å²) >= 11 is 0. The van der Waals surface area contributed by atoms with Crippen LogP contribution in [0.1, 0.15) is 47.3 Å². The first kappa shape index (κ1) is 19.3. The number of nitrogens with zero attached hydrogens (tertiary/aromatic N) is 2. The average molecular weight is 368 g/mol. The van der Waals surface area contributed by atoms with Crippen molar-refractivity contribution in [3.05, 3.63) is 62.8 Å². The van der Waals surface area contributed by atoms with Gasteiger partial charge in [0.2, 0.25) is 5.91 Å². The van der Waals surface area contributed by atoms with Gasteiger partial charge >= 0.3 is 5.69 Å². The molecular formula is C21H28N4O2. The van der Waals surface area contributed by atoms with Crippen LogP contribution in [0.25, 0.3) is 0 Å². The predicted octanol–water partition coefficient (Wildman–Crippen LogP) is 2.23. The fourth-order valence-corrected chi connectivity index (χ4v) is 3.69. The summed E-state index contributed by atoms with van der Waals surface area (Å²) in [4.78, 5) is 32.7. The van der Waals surface area contributed by atoms with Gasteiger partial charge in [0.1, 0.15) is 0 Å². The normalized spacial score (nSPS) is 14.4. The smallest absolute Gasteiger partial charge is 0.345 e. The number of aryl methyl sites for hydroxylation is 2. The van der Waals surface area contributed by atoms with Crippen LogP contribution in [-0.2, 0) is 24.3 Å². The first-order valence-electron chi connectivity index (χ1n) is 9.64. The first-order chi connectivity index (χ1) is 13.0. The Morgan fingerprint density at radius 3 is 2.70 bits per heavy atom. The predicted molar refractivity (Wildman–Crippen MR) is 105 cm³/mol. The molecule has 1 fully saturated rings. The molecule has 6 heteroatoms. The minimum Gasteiger partial charge on any atom is -0.352 e. The minimum atomic E-state index is -0.341. The highest BCUT2D eigenvalue weighted by molar-refractivity contribution is 5.76. The van der Waals surface area contributed by atoms with E-state index < -0.39 is 0 Å². The number of hydrogen-bond donors (Lipinski definition) is 2. The average Bonchev–Trinajstić information content (AvgIpc) is 3.12. The molecule has 1 aromatic heterocycles. The number of aromatic amines is 1. The summed E-state index contributed by atoms with van der Waals surface area (Å²) in [5.74, 6) is 0.00458. The van der Waals surface area contributed by atoms with E-state index in [-0.39, 0.29) is 11.6 Å². The van der Waals surface area contributed by atoms with E-state index in [9.17, 15) is 9.59 Å². The van der Waals surface area contributed by atoms with Crippen LogP contribution in [0.4, 0.5) is 0 Å². The second-order valence-electron chi connectivity index (χ2n) is 7.31. The zero-order chi connectivity index (χ0) is 19.2. The summed E-state index contributed by atoms with van der Waals surface area (Å²) in [6.07, 6.45) is 3.53. The number of aromatic nitrogens is 2. The number of carbonyl (C=O) groups excluding carboxylic acids is 1. The molecule has 0 saturated carbocycles. The fraction of sp³-hybridized carbons (Fsp3) is 0.476. The van der Waals surface area contributed by atoms with Crippen LogP contribution >= 0.6 is 0 Å². The van der Waals surface area contributed by atoms with E-state index >= 15 is 0 Å². The second-order valence-corrected chi connectivity index (χ2v) is 7.31. The lowest BCUT2D eigenvalue weighted by Crippen LogP contribution is -2.24.